The number of alkyl halides is 3. The summed E-state index contributed by atoms with van der Waals surface area (Å²) in [6, 6.07) is 2.35. The molecule has 2 amide bonds. The lowest BCUT2D eigenvalue weighted by molar-refractivity contribution is -0.137. The van der Waals surface area contributed by atoms with Gasteiger partial charge in [-0.3, -0.25) is 14.2 Å². The highest BCUT2D eigenvalue weighted by atomic mass is 79.9. The molecule has 41 heavy (non-hydrogen) atoms. The van der Waals surface area contributed by atoms with Gasteiger partial charge in [-0.1, -0.05) is 0 Å². The number of nitrogens with zero attached hydrogens (tertiary/aromatic N) is 6. The van der Waals surface area contributed by atoms with Crippen molar-refractivity contribution in [3.63, 3.8) is 0 Å². The maximum atomic E-state index is 13.6. The molecule has 1 saturated heterocycles. The van der Waals surface area contributed by atoms with Gasteiger partial charge >= 0.3 is 12.3 Å². The van der Waals surface area contributed by atoms with E-state index in [1.807, 2.05) is 4.90 Å². The Morgan fingerprint density at radius 3 is 2.41 bits per heavy atom. The second-order valence-electron chi connectivity index (χ2n) is 11.1. The minimum atomic E-state index is -4.50. The summed E-state index contributed by atoms with van der Waals surface area (Å²) in [6.45, 7) is 8.28. The van der Waals surface area contributed by atoms with Gasteiger partial charge in [-0.05, 0) is 80.2 Å². The molecule has 2 aliphatic rings. The molecule has 1 aromatic carbocycles. The fourth-order valence-corrected chi connectivity index (χ4v) is 5.52. The third-order valence-corrected chi connectivity index (χ3v) is 7.40. The minimum absolute atomic E-state index is 0.167. The Morgan fingerprint density at radius 1 is 1.12 bits per heavy atom. The lowest BCUT2D eigenvalue weighted by Crippen LogP contribution is -2.51. The Morgan fingerprint density at radius 2 is 1.80 bits per heavy atom. The zero-order valence-electron chi connectivity index (χ0n) is 22.9. The summed E-state index contributed by atoms with van der Waals surface area (Å²) in [7, 11) is 0. The van der Waals surface area contributed by atoms with Crippen LogP contribution in [-0.2, 0) is 22.1 Å². The van der Waals surface area contributed by atoms with Gasteiger partial charge in [0.2, 0.25) is 16.4 Å². The van der Waals surface area contributed by atoms with Crippen molar-refractivity contribution in [1.82, 2.24) is 24.1 Å². The van der Waals surface area contributed by atoms with Crippen LogP contribution in [-0.4, -0.2) is 67.8 Å². The second kappa shape index (κ2) is 10.3. The molecule has 3 aromatic rings. The molecule has 0 bridgehead atoms. The van der Waals surface area contributed by atoms with Crippen molar-refractivity contribution < 1.29 is 27.5 Å². The normalized spacial score (nSPS) is 17.6. The van der Waals surface area contributed by atoms with Crippen molar-refractivity contribution in [3.05, 3.63) is 50.1 Å². The van der Waals surface area contributed by atoms with Crippen molar-refractivity contribution >= 4 is 45.1 Å². The van der Waals surface area contributed by atoms with Crippen LogP contribution in [0.25, 0.3) is 5.78 Å². The molecule has 15 heteroatoms. The number of aryl methyl sites for hydroxylation is 1. The Kier molecular flexibility index (Phi) is 7.28. The Bertz CT molecular complexity index is 1590. The van der Waals surface area contributed by atoms with E-state index in [2.05, 4.69) is 31.3 Å². The van der Waals surface area contributed by atoms with Gasteiger partial charge < -0.3 is 19.9 Å². The number of carbonyl (C=O) groups is 2. The van der Waals surface area contributed by atoms with E-state index >= 15 is 0 Å². The van der Waals surface area contributed by atoms with Gasteiger partial charge in [0.1, 0.15) is 17.3 Å². The SMILES string of the molecule is Cc1cc(C(F)(F)F)ccc1NC(=O)[C@H]1CCc2c(N3CCN(C(=O)OC(C)(C)C)CC3)c(=O)n3nc(Br)nc3n21. The average molecular weight is 640 g/mol. The van der Waals surface area contributed by atoms with E-state index in [1.165, 1.54) is 13.0 Å². The second-order valence-corrected chi connectivity index (χ2v) is 11.8. The molecule has 2 aliphatic heterocycles. The minimum Gasteiger partial charge on any atom is -0.444 e. The number of hydrogen-bond donors (Lipinski definition) is 1. The molecule has 2 aromatic heterocycles. The summed E-state index contributed by atoms with van der Waals surface area (Å²) in [5.41, 5.74) is -0.316. The fourth-order valence-electron chi connectivity index (χ4n) is 5.20. The van der Waals surface area contributed by atoms with Gasteiger partial charge in [0.25, 0.3) is 5.56 Å². The average Bonchev–Trinajstić information content (AvgIpc) is 3.48. The van der Waals surface area contributed by atoms with Crippen molar-refractivity contribution in [2.45, 2.75) is 58.4 Å². The van der Waals surface area contributed by atoms with Gasteiger partial charge in [-0.2, -0.15) is 22.7 Å². The number of rotatable bonds is 3. The van der Waals surface area contributed by atoms with Crippen molar-refractivity contribution in [1.29, 1.82) is 0 Å². The molecule has 4 heterocycles. The quantitative estimate of drug-likeness (QED) is 0.458. The molecule has 11 nitrogen and oxygen atoms in total. The van der Waals surface area contributed by atoms with Gasteiger partial charge in [0, 0.05) is 31.9 Å². The highest BCUT2D eigenvalue weighted by molar-refractivity contribution is 9.10. The van der Waals surface area contributed by atoms with Crippen LogP contribution in [0.2, 0.25) is 0 Å². The molecule has 1 fully saturated rings. The molecule has 0 spiro atoms. The van der Waals surface area contributed by atoms with Gasteiger partial charge in [-0.15, -0.1) is 5.10 Å². The maximum absolute atomic E-state index is 13.6. The number of aromatic nitrogens is 4. The summed E-state index contributed by atoms with van der Waals surface area (Å²) in [6.07, 6.45) is -4.18. The molecule has 1 atom stereocenters. The van der Waals surface area contributed by atoms with Crippen LogP contribution in [0.1, 0.15) is 50.1 Å². The first kappa shape index (κ1) is 28.9. The Balaban J connectivity index is 1.45. The van der Waals surface area contributed by atoms with Crippen LogP contribution >= 0.6 is 15.9 Å². The summed E-state index contributed by atoms with van der Waals surface area (Å²) < 4.78 is 47.8. The number of ether oxygens (including phenoxy) is 1. The van der Waals surface area contributed by atoms with E-state index in [0.717, 1.165) is 16.6 Å². The van der Waals surface area contributed by atoms with E-state index < -0.39 is 40.9 Å². The molecular formula is C26H29BrF3N7O4. The zero-order valence-corrected chi connectivity index (χ0v) is 24.5. The van der Waals surface area contributed by atoms with E-state index in [4.69, 9.17) is 4.74 Å². The van der Waals surface area contributed by atoms with Crippen LogP contribution in [0, 0.1) is 6.92 Å². The number of halogens is 4. The molecule has 0 saturated carbocycles. The number of nitrogens with one attached hydrogen (secondary N) is 1. The monoisotopic (exact) mass is 639 g/mol. The fraction of sp³-hybridized carbons (Fsp3) is 0.500. The highest BCUT2D eigenvalue weighted by Crippen LogP contribution is 2.35. The highest BCUT2D eigenvalue weighted by Gasteiger charge is 2.37. The number of benzene rings is 1. The summed E-state index contributed by atoms with van der Waals surface area (Å²) in [5, 5.41) is 6.94. The zero-order chi connectivity index (χ0) is 29.9. The van der Waals surface area contributed by atoms with Gasteiger partial charge in [0.05, 0.1) is 11.3 Å². The molecular weight excluding hydrogens is 611 g/mol. The third-order valence-electron chi connectivity index (χ3n) is 7.07. The van der Waals surface area contributed by atoms with Crippen LogP contribution < -0.4 is 15.8 Å². The molecule has 0 unspecified atom stereocenters. The first-order valence-corrected chi connectivity index (χ1v) is 13.8. The largest absolute Gasteiger partial charge is 0.444 e. The van der Waals surface area contributed by atoms with Crippen LogP contribution in [0.3, 0.4) is 0 Å². The summed E-state index contributed by atoms with van der Waals surface area (Å²) >= 11 is 3.22. The molecule has 0 radical (unpaired) electrons. The van der Waals surface area contributed by atoms with Crippen LogP contribution in [0.15, 0.2) is 27.7 Å². The number of amides is 2. The molecule has 1 N–H and O–H groups in total. The molecule has 5 rings (SSSR count). The van der Waals surface area contributed by atoms with E-state index in [9.17, 15) is 27.6 Å². The van der Waals surface area contributed by atoms with Crippen molar-refractivity contribution in [2.24, 2.45) is 0 Å². The third kappa shape index (κ3) is 5.63. The standard InChI is InChI=1S/C26H29BrF3N7O4/c1-14-13-15(26(28,29)30)5-6-16(14)31-20(38)18-8-7-17-19(21(39)37-23(36(17)18)32-22(27)33-37)34-9-11-35(12-10-34)24(40)41-25(2,3)4/h5-6,13,18H,7-12H2,1-4H3,(H,31,38)/t18-/m1/s1. The predicted molar refractivity (Wildman–Crippen MR) is 147 cm³/mol. The smallest absolute Gasteiger partial charge is 0.416 e. The molecule has 0 aliphatic carbocycles. The Labute approximate surface area is 241 Å². The number of anilines is 2. The van der Waals surface area contributed by atoms with Gasteiger partial charge in [-0.25, -0.2) is 4.79 Å². The Hall–Kier alpha value is -3.62. The topological polar surface area (TPSA) is 114 Å². The van der Waals surface area contributed by atoms with Gasteiger partial charge in [0.15, 0.2) is 0 Å². The number of fused-ring (bicyclic) bond motifs is 3. The first-order valence-electron chi connectivity index (χ1n) is 13.1. The number of hydrogen-bond acceptors (Lipinski definition) is 7. The van der Waals surface area contributed by atoms with E-state index in [0.29, 0.717) is 50.4 Å². The molecule has 220 valence electrons. The van der Waals surface area contributed by atoms with Crippen LogP contribution in [0.4, 0.5) is 29.3 Å². The van der Waals surface area contributed by atoms with Crippen molar-refractivity contribution in [3.8, 4) is 0 Å². The first-order chi connectivity index (χ1) is 19.1. The summed E-state index contributed by atoms with van der Waals surface area (Å²) in [5.74, 6) is -0.271. The maximum Gasteiger partial charge on any atom is 0.416 e. The predicted octanol–water partition coefficient (Wildman–Crippen LogP) is 4.16. The summed E-state index contributed by atoms with van der Waals surface area (Å²) in [4.78, 5) is 47.5. The lowest BCUT2D eigenvalue weighted by Gasteiger charge is -2.37. The number of piperazine rings is 1. The van der Waals surface area contributed by atoms with Crippen molar-refractivity contribution in [2.75, 3.05) is 36.4 Å². The van der Waals surface area contributed by atoms with E-state index in [1.54, 1.807) is 30.2 Å². The lowest BCUT2D eigenvalue weighted by atomic mass is 10.1. The van der Waals surface area contributed by atoms with E-state index in [-0.39, 0.29) is 21.8 Å². The number of carbonyl (C=O) groups excluding carboxylic acids is 2. The van der Waals surface area contributed by atoms with Crippen LogP contribution in [0.5, 0.6) is 0 Å².